The number of carbonyl (C=O) groups excluding carboxylic acids is 1. The molecular formula is C10H11N3O4. The third kappa shape index (κ3) is 3.00. The number of aromatic nitrogens is 2. The van der Waals surface area contributed by atoms with Gasteiger partial charge in [-0.15, -0.1) is 6.58 Å². The van der Waals surface area contributed by atoms with Gasteiger partial charge >= 0.3 is 11.8 Å². The van der Waals surface area contributed by atoms with Crippen molar-refractivity contribution in [3.05, 3.63) is 47.2 Å². The van der Waals surface area contributed by atoms with E-state index in [1.165, 1.54) is 12.2 Å². The molecule has 7 nitrogen and oxygen atoms in total. The van der Waals surface area contributed by atoms with Gasteiger partial charge in [-0.3, -0.25) is 0 Å². The van der Waals surface area contributed by atoms with Crippen molar-refractivity contribution < 1.29 is 14.5 Å². The molecule has 1 aromatic heterocycles. The number of hydrogen-bond donors (Lipinski definition) is 0. The molecule has 0 aliphatic heterocycles. The first-order chi connectivity index (χ1) is 8.10. The summed E-state index contributed by atoms with van der Waals surface area (Å²) in [5, 5.41) is 14.2. The van der Waals surface area contributed by atoms with E-state index in [9.17, 15) is 14.9 Å². The standard InChI is InChI=1S/C10H11N3O4/c1-3-5-12-8(10(14)17-6-4-2)7-9(11-12)13(15)16/h3-4,7H,1-2,5-6H2. The lowest BCUT2D eigenvalue weighted by molar-refractivity contribution is -0.389. The summed E-state index contributed by atoms with van der Waals surface area (Å²) in [5.74, 6) is -1.09. The van der Waals surface area contributed by atoms with Gasteiger partial charge in [0.15, 0.2) is 5.69 Å². The first-order valence-corrected chi connectivity index (χ1v) is 4.71. The Balaban J connectivity index is 3.02. The van der Waals surface area contributed by atoms with Crippen molar-refractivity contribution in [2.45, 2.75) is 6.54 Å². The topological polar surface area (TPSA) is 87.3 Å². The number of allylic oxidation sites excluding steroid dienone is 1. The molecule has 0 atom stereocenters. The lowest BCUT2D eigenvalue weighted by Gasteiger charge is -2.00. The van der Waals surface area contributed by atoms with Gasteiger partial charge in [-0.05, 0) is 4.92 Å². The summed E-state index contributed by atoms with van der Waals surface area (Å²) < 4.78 is 5.95. The van der Waals surface area contributed by atoms with E-state index >= 15 is 0 Å². The summed E-state index contributed by atoms with van der Waals surface area (Å²) >= 11 is 0. The second-order valence-electron chi connectivity index (χ2n) is 3.00. The summed E-state index contributed by atoms with van der Waals surface area (Å²) in [5.41, 5.74) is 0.0125. The molecule has 0 aromatic carbocycles. The van der Waals surface area contributed by atoms with Crippen molar-refractivity contribution in [2.75, 3.05) is 6.61 Å². The maximum absolute atomic E-state index is 11.5. The fourth-order valence-electron chi connectivity index (χ4n) is 1.13. The molecule has 0 aliphatic carbocycles. The lowest BCUT2D eigenvalue weighted by Crippen LogP contribution is -2.12. The van der Waals surface area contributed by atoms with Crippen LogP contribution in [0.3, 0.4) is 0 Å². The van der Waals surface area contributed by atoms with Gasteiger partial charge in [0, 0.05) is 0 Å². The zero-order valence-corrected chi connectivity index (χ0v) is 9.04. The van der Waals surface area contributed by atoms with E-state index in [-0.39, 0.29) is 18.8 Å². The molecule has 0 aliphatic rings. The first kappa shape index (κ1) is 12.6. The number of hydrogen-bond acceptors (Lipinski definition) is 5. The Morgan fingerprint density at radius 2 is 2.29 bits per heavy atom. The molecule has 7 heteroatoms. The number of ether oxygens (including phenoxy) is 1. The predicted octanol–water partition coefficient (Wildman–Crippen LogP) is 1.32. The average Bonchev–Trinajstić information content (AvgIpc) is 2.70. The highest BCUT2D eigenvalue weighted by Crippen LogP contribution is 2.13. The minimum atomic E-state index is -0.688. The Bertz CT molecular complexity index is 464. The van der Waals surface area contributed by atoms with E-state index < -0.39 is 16.7 Å². The van der Waals surface area contributed by atoms with E-state index in [2.05, 4.69) is 18.3 Å². The SMILES string of the molecule is C=CCOC(=O)c1cc([N+](=O)[O-])nn1CC=C. The second-order valence-corrected chi connectivity index (χ2v) is 3.00. The highest BCUT2D eigenvalue weighted by molar-refractivity contribution is 5.88. The number of nitro groups is 1. The largest absolute Gasteiger partial charge is 0.457 e. The van der Waals surface area contributed by atoms with Crippen LogP contribution < -0.4 is 0 Å². The molecule has 0 N–H and O–H groups in total. The van der Waals surface area contributed by atoms with Crippen molar-refractivity contribution in [1.82, 2.24) is 9.78 Å². The van der Waals surface area contributed by atoms with Crippen LogP contribution in [0.5, 0.6) is 0 Å². The molecule has 1 heterocycles. The predicted molar refractivity (Wildman–Crippen MR) is 59.6 cm³/mol. The third-order valence-corrected chi connectivity index (χ3v) is 1.80. The Morgan fingerprint density at radius 1 is 1.59 bits per heavy atom. The van der Waals surface area contributed by atoms with Gasteiger partial charge in [-0.2, -0.15) is 4.68 Å². The van der Waals surface area contributed by atoms with Crippen molar-refractivity contribution in [3.63, 3.8) is 0 Å². The fourth-order valence-corrected chi connectivity index (χ4v) is 1.13. The molecule has 0 unspecified atom stereocenters. The average molecular weight is 237 g/mol. The number of carbonyl (C=O) groups is 1. The fraction of sp³-hybridized carbons (Fsp3) is 0.200. The molecule has 0 amide bonds. The quantitative estimate of drug-likeness (QED) is 0.322. The molecule has 0 bridgehead atoms. The van der Waals surface area contributed by atoms with Crippen LogP contribution in [-0.2, 0) is 11.3 Å². The summed E-state index contributed by atoms with van der Waals surface area (Å²) in [6.07, 6.45) is 2.88. The maximum Gasteiger partial charge on any atom is 0.390 e. The zero-order chi connectivity index (χ0) is 12.8. The van der Waals surface area contributed by atoms with E-state index in [1.54, 1.807) is 0 Å². The summed E-state index contributed by atoms with van der Waals surface area (Å²) in [6, 6.07) is 1.06. The second kappa shape index (κ2) is 5.59. The maximum atomic E-state index is 11.5. The van der Waals surface area contributed by atoms with E-state index in [0.29, 0.717) is 0 Å². The minimum Gasteiger partial charge on any atom is -0.457 e. The smallest absolute Gasteiger partial charge is 0.390 e. The molecule has 0 spiro atoms. The number of rotatable bonds is 6. The van der Waals surface area contributed by atoms with Gasteiger partial charge in [-0.1, -0.05) is 18.7 Å². The van der Waals surface area contributed by atoms with E-state index in [4.69, 9.17) is 4.74 Å². The highest BCUT2D eigenvalue weighted by Gasteiger charge is 2.23. The van der Waals surface area contributed by atoms with Crippen molar-refractivity contribution in [2.24, 2.45) is 0 Å². The highest BCUT2D eigenvalue weighted by atomic mass is 16.6. The minimum absolute atomic E-state index is 0.0125. The molecular weight excluding hydrogens is 226 g/mol. The monoisotopic (exact) mass is 237 g/mol. The molecule has 17 heavy (non-hydrogen) atoms. The van der Waals surface area contributed by atoms with E-state index in [0.717, 1.165) is 10.7 Å². The molecule has 0 fully saturated rings. The Hall–Kier alpha value is -2.44. The number of nitrogens with zero attached hydrogens (tertiary/aromatic N) is 3. The zero-order valence-electron chi connectivity index (χ0n) is 9.04. The van der Waals surface area contributed by atoms with Crippen LogP contribution in [0.4, 0.5) is 5.82 Å². The van der Waals surface area contributed by atoms with E-state index in [1.807, 2.05) is 0 Å². The van der Waals surface area contributed by atoms with Crippen molar-refractivity contribution >= 4 is 11.8 Å². The van der Waals surface area contributed by atoms with Gasteiger partial charge in [-0.25, -0.2) is 4.79 Å². The van der Waals surface area contributed by atoms with Crippen LogP contribution >= 0.6 is 0 Å². The van der Waals surface area contributed by atoms with Gasteiger partial charge in [0.25, 0.3) is 0 Å². The van der Waals surface area contributed by atoms with Crippen LogP contribution in [0, 0.1) is 10.1 Å². The van der Waals surface area contributed by atoms with Crippen molar-refractivity contribution in [3.8, 4) is 0 Å². The third-order valence-electron chi connectivity index (χ3n) is 1.80. The van der Waals surface area contributed by atoms with Crippen molar-refractivity contribution in [1.29, 1.82) is 0 Å². The van der Waals surface area contributed by atoms with Gasteiger partial charge in [0.05, 0.1) is 17.7 Å². The molecule has 0 saturated carbocycles. The molecule has 0 radical (unpaired) electrons. The van der Waals surface area contributed by atoms with Crippen LogP contribution in [0.1, 0.15) is 10.5 Å². The van der Waals surface area contributed by atoms with Crippen LogP contribution in [-0.4, -0.2) is 27.3 Å². The summed E-state index contributed by atoms with van der Waals surface area (Å²) in [4.78, 5) is 21.4. The lowest BCUT2D eigenvalue weighted by atomic mass is 10.4. The van der Waals surface area contributed by atoms with Gasteiger partial charge in [0.2, 0.25) is 0 Å². The van der Waals surface area contributed by atoms with Crippen LogP contribution in [0.25, 0.3) is 0 Å². The molecule has 90 valence electrons. The summed E-state index contributed by atoms with van der Waals surface area (Å²) in [7, 11) is 0. The van der Waals surface area contributed by atoms with Crippen LogP contribution in [0.15, 0.2) is 31.4 Å². The van der Waals surface area contributed by atoms with Crippen LogP contribution in [0.2, 0.25) is 0 Å². The normalized spacial score (nSPS) is 9.65. The molecule has 0 saturated heterocycles. The summed E-state index contributed by atoms with van der Waals surface area (Å²) in [6.45, 7) is 7.09. The Labute approximate surface area is 97.1 Å². The van der Waals surface area contributed by atoms with Gasteiger partial charge in [0.1, 0.15) is 6.61 Å². The number of esters is 1. The van der Waals surface area contributed by atoms with Gasteiger partial charge < -0.3 is 14.9 Å². The molecule has 1 rings (SSSR count). The first-order valence-electron chi connectivity index (χ1n) is 4.71. The Kier molecular flexibility index (Phi) is 4.15. The molecule has 1 aromatic rings. The Morgan fingerprint density at radius 3 is 2.82 bits per heavy atom.